The number of ether oxygens (including phenoxy) is 1. The number of carbonyl (C=O) groups excluding carboxylic acids is 2. The summed E-state index contributed by atoms with van der Waals surface area (Å²) in [6.45, 7) is 6.45. The average Bonchev–Trinajstić information content (AvgIpc) is 3.26. The third kappa shape index (κ3) is 44.4. The molecular formula is C56H103NO5. The molecule has 3 N–H and O–H groups in total. The average molecular weight is 870 g/mol. The van der Waals surface area contributed by atoms with E-state index in [-0.39, 0.29) is 24.9 Å². The molecule has 0 aromatic carbocycles. The van der Waals surface area contributed by atoms with Gasteiger partial charge < -0.3 is 20.3 Å². The zero-order chi connectivity index (χ0) is 45.2. The zero-order valence-corrected chi connectivity index (χ0v) is 41.3. The van der Waals surface area contributed by atoms with Crippen LogP contribution in [0.3, 0.4) is 0 Å². The number of carbonyl (C=O) groups is 2. The van der Waals surface area contributed by atoms with Gasteiger partial charge in [0.2, 0.25) is 5.91 Å². The smallest absolute Gasteiger partial charge is 0.306 e. The van der Waals surface area contributed by atoms with Gasteiger partial charge in [-0.15, -0.1) is 0 Å². The molecule has 6 heteroatoms. The molecule has 0 aliphatic heterocycles. The first-order valence-corrected chi connectivity index (χ1v) is 26.9. The molecule has 3 atom stereocenters. The van der Waals surface area contributed by atoms with Crippen molar-refractivity contribution in [2.45, 2.75) is 289 Å². The van der Waals surface area contributed by atoms with Crippen molar-refractivity contribution < 1.29 is 24.5 Å². The van der Waals surface area contributed by atoms with Gasteiger partial charge in [-0.3, -0.25) is 9.59 Å². The number of nitrogens with one attached hydrogen (secondary N) is 1. The van der Waals surface area contributed by atoms with Crippen LogP contribution in [0.5, 0.6) is 0 Å². The summed E-state index contributed by atoms with van der Waals surface area (Å²) in [6, 6.07) is -0.714. The van der Waals surface area contributed by atoms with Crippen molar-refractivity contribution in [2.75, 3.05) is 6.61 Å². The van der Waals surface area contributed by atoms with Crippen LogP contribution in [-0.2, 0) is 14.3 Å². The molecule has 0 aliphatic carbocycles. The van der Waals surface area contributed by atoms with Crippen LogP contribution in [0.1, 0.15) is 271 Å². The summed E-state index contributed by atoms with van der Waals surface area (Å²) >= 11 is 0. The first-order chi connectivity index (χ1) is 30.5. The quantitative estimate of drug-likeness (QED) is 0.0245. The first kappa shape index (κ1) is 59.8. The maximum atomic E-state index is 13.2. The lowest BCUT2D eigenvalue weighted by atomic mass is 10.0. The van der Waals surface area contributed by atoms with Gasteiger partial charge in [0.15, 0.2) is 0 Å². The molecule has 0 aliphatic rings. The van der Waals surface area contributed by atoms with E-state index in [4.69, 9.17) is 4.74 Å². The van der Waals surface area contributed by atoms with Gasteiger partial charge in [0.1, 0.15) is 6.10 Å². The van der Waals surface area contributed by atoms with Crippen molar-refractivity contribution in [3.05, 3.63) is 48.6 Å². The summed E-state index contributed by atoms with van der Waals surface area (Å²) < 4.78 is 5.92. The Bertz CT molecular complexity index is 1070. The fraction of sp³-hybridized carbons (Fsp3) is 0.821. The Morgan fingerprint density at radius 2 is 0.839 bits per heavy atom. The number of rotatable bonds is 48. The molecule has 0 fully saturated rings. The van der Waals surface area contributed by atoms with Gasteiger partial charge in [-0.2, -0.15) is 0 Å². The summed E-state index contributed by atoms with van der Waals surface area (Å²) in [5, 5.41) is 23.8. The molecule has 0 rings (SSSR count). The van der Waals surface area contributed by atoms with Gasteiger partial charge in [0.05, 0.1) is 25.2 Å². The number of aliphatic hydroxyl groups is 2. The summed E-state index contributed by atoms with van der Waals surface area (Å²) in [5.74, 6) is -0.512. The predicted molar refractivity (Wildman–Crippen MR) is 269 cm³/mol. The van der Waals surface area contributed by atoms with E-state index in [1.54, 1.807) is 0 Å². The summed E-state index contributed by atoms with van der Waals surface area (Å²) in [4.78, 5) is 26.1. The van der Waals surface area contributed by atoms with Gasteiger partial charge in [0.25, 0.3) is 0 Å². The molecule has 0 saturated carbocycles. The molecule has 0 aromatic rings. The molecule has 0 aromatic heterocycles. The van der Waals surface area contributed by atoms with E-state index >= 15 is 0 Å². The van der Waals surface area contributed by atoms with Crippen LogP contribution in [0.25, 0.3) is 0 Å². The fourth-order valence-electron chi connectivity index (χ4n) is 8.07. The summed E-state index contributed by atoms with van der Waals surface area (Å²) in [7, 11) is 0. The van der Waals surface area contributed by atoms with Gasteiger partial charge >= 0.3 is 5.97 Å². The third-order valence-electron chi connectivity index (χ3n) is 12.2. The second-order valence-electron chi connectivity index (χ2n) is 18.3. The van der Waals surface area contributed by atoms with Crippen LogP contribution >= 0.6 is 0 Å². The number of unbranched alkanes of at least 4 members (excludes halogenated alkanes) is 30. The van der Waals surface area contributed by atoms with Crippen LogP contribution in [0.15, 0.2) is 48.6 Å². The molecule has 62 heavy (non-hydrogen) atoms. The highest BCUT2D eigenvalue weighted by atomic mass is 16.5. The summed E-state index contributed by atoms with van der Waals surface area (Å²) in [5.41, 5.74) is 0. The molecule has 0 bridgehead atoms. The minimum atomic E-state index is -0.798. The highest BCUT2D eigenvalue weighted by Crippen LogP contribution is 2.18. The maximum absolute atomic E-state index is 13.2. The number of hydrogen-bond acceptors (Lipinski definition) is 5. The SMILES string of the molecule is CCCCC/C=C\CCCCCCCC(=O)OC(CCCCC/C=C/C=C/C=C/CCCCCCC)CC(=O)NC(CO)C(O)CCCCCCCCCCCCCCCCC. The van der Waals surface area contributed by atoms with E-state index in [9.17, 15) is 19.8 Å². The third-order valence-corrected chi connectivity index (χ3v) is 12.2. The van der Waals surface area contributed by atoms with E-state index < -0.39 is 18.2 Å². The van der Waals surface area contributed by atoms with E-state index in [2.05, 4.69) is 74.7 Å². The molecule has 362 valence electrons. The number of esters is 1. The first-order valence-electron chi connectivity index (χ1n) is 26.9. The highest BCUT2D eigenvalue weighted by Gasteiger charge is 2.24. The molecule has 0 spiro atoms. The lowest BCUT2D eigenvalue weighted by Gasteiger charge is -2.24. The zero-order valence-electron chi connectivity index (χ0n) is 41.3. The standard InChI is InChI=1S/C56H103NO5/c1-4-7-10-13-16-19-22-25-27-29-30-32-35-38-41-44-47-52(62-56(61)49-46-43-40-37-34-24-21-18-15-12-9-6-3)50-55(60)57-53(51-58)54(59)48-45-42-39-36-33-31-28-26-23-20-17-14-11-8-5-2/h18,21-22,25,27,29-30,32,52-54,58-59H,4-17,19-20,23-24,26,28,31,33-51H2,1-3H3,(H,57,60)/b21-18-,25-22+,29-27+,32-30+. The largest absolute Gasteiger partial charge is 0.462 e. The molecule has 0 saturated heterocycles. The van der Waals surface area contributed by atoms with E-state index in [1.165, 1.54) is 148 Å². The minimum Gasteiger partial charge on any atom is -0.462 e. The van der Waals surface area contributed by atoms with E-state index in [1.807, 2.05) is 0 Å². The van der Waals surface area contributed by atoms with Crippen molar-refractivity contribution in [1.82, 2.24) is 5.32 Å². The lowest BCUT2D eigenvalue weighted by molar-refractivity contribution is -0.151. The van der Waals surface area contributed by atoms with Crippen LogP contribution in [0, 0.1) is 0 Å². The predicted octanol–water partition coefficient (Wildman–Crippen LogP) is 16.2. The molecule has 0 radical (unpaired) electrons. The van der Waals surface area contributed by atoms with Crippen molar-refractivity contribution in [3.8, 4) is 0 Å². The highest BCUT2D eigenvalue weighted by molar-refractivity contribution is 5.77. The summed E-state index contributed by atoms with van der Waals surface area (Å²) in [6.07, 6.45) is 60.2. The van der Waals surface area contributed by atoms with Crippen LogP contribution in [0.2, 0.25) is 0 Å². The van der Waals surface area contributed by atoms with Crippen molar-refractivity contribution in [3.63, 3.8) is 0 Å². The topological polar surface area (TPSA) is 95.9 Å². The van der Waals surface area contributed by atoms with Crippen LogP contribution < -0.4 is 5.32 Å². The second-order valence-corrected chi connectivity index (χ2v) is 18.3. The van der Waals surface area contributed by atoms with Crippen molar-refractivity contribution >= 4 is 11.9 Å². The van der Waals surface area contributed by atoms with Crippen molar-refractivity contribution in [2.24, 2.45) is 0 Å². The number of aliphatic hydroxyl groups excluding tert-OH is 2. The minimum absolute atomic E-state index is 0.0524. The Kier molecular flexibility index (Phi) is 48.1. The lowest BCUT2D eigenvalue weighted by Crippen LogP contribution is -2.46. The molecule has 0 heterocycles. The number of hydrogen-bond donors (Lipinski definition) is 3. The van der Waals surface area contributed by atoms with Crippen LogP contribution in [-0.4, -0.2) is 46.9 Å². The molecule has 1 amide bonds. The Labute approximate surface area is 385 Å². The van der Waals surface area contributed by atoms with E-state index in [0.29, 0.717) is 19.3 Å². The van der Waals surface area contributed by atoms with Gasteiger partial charge in [-0.1, -0.05) is 230 Å². The Morgan fingerprint density at radius 1 is 0.468 bits per heavy atom. The normalized spacial score (nSPS) is 13.6. The Morgan fingerprint density at radius 3 is 1.32 bits per heavy atom. The Hall–Kier alpha value is -2.18. The number of amides is 1. The fourth-order valence-corrected chi connectivity index (χ4v) is 8.07. The number of allylic oxidation sites excluding steroid dienone is 8. The van der Waals surface area contributed by atoms with E-state index in [0.717, 1.165) is 77.0 Å². The van der Waals surface area contributed by atoms with Gasteiger partial charge in [-0.05, 0) is 77.0 Å². The van der Waals surface area contributed by atoms with Crippen molar-refractivity contribution in [1.29, 1.82) is 0 Å². The monoisotopic (exact) mass is 870 g/mol. The van der Waals surface area contributed by atoms with Crippen LogP contribution in [0.4, 0.5) is 0 Å². The molecular weight excluding hydrogens is 767 g/mol. The Balaban J connectivity index is 4.63. The van der Waals surface area contributed by atoms with Gasteiger partial charge in [0, 0.05) is 6.42 Å². The molecule has 6 nitrogen and oxygen atoms in total. The molecule has 3 unspecified atom stereocenters. The maximum Gasteiger partial charge on any atom is 0.306 e. The second kappa shape index (κ2) is 49.8. The van der Waals surface area contributed by atoms with Gasteiger partial charge in [-0.25, -0.2) is 0 Å².